The quantitative estimate of drug-likeness (QED) is 0.673. The lowest BCUT2D eigenvalue weighted by molar-refractivity contribution is 0.0940. The Bertz CT molecular complexity index is 821. The Morgan fingerprint density at radius 1 is 1.07 bits per heavy atom. The van der Waals surface area contributed by atoms with Crippen LogP contribution in [0.2, 0.25) is 10.0 Å². The van der Waals surface area contributed by atoms with Gasteiger partial charge in [-0.05, 0) is 56.1 Å². The molecule has 3 rings (SSSR count). The second-order valence-corrected chi connectivity index (χ2v) is 7.22. The molecule has 1 atom stereocenters. The standard InChI is InChI=1S/C20H20Cl2N2O2.ClH/c21-17-6-5-14(11-18(17)22)19(25)15-3-1-2-4-16(15)20(26)24-10-8-13-7-9-23-12-13;/h1-6,11,13,23H,7-10,12H2,(H,24,26);1H. The highest BCUT2D eigenvalue weighted by Crippen LogP contribution is 2.24. The van der Waals surface area contributed by atoms with E-state index in [4.69, 9.17) is 23.2 Å². The first kappa shape index (κ1) is 21.7. The van der Waals surface area contributed by atoms with Gasteiger partial charge >= 0.3 is 0 Å². The third kappa shape index (κ3) is 5.45. The Labute approximate surface area is 175 Å². The molecule has 2 aromatic carbocycles. The van der Waals surface area contributed by atoms with E-state index in [0.29, 0.717) is 39.2 Å². The van der Waals surface area contributed by atoms with Crippen LogP contribution in [0.1, 0.15) is 39.1 Å². The lowest BCUT2D eigenvalue weighted by atomic mass is 9.97. The lowest BCUT2D eigenvalue weighted by Crippen LogP contribution is -2.28. The third-order valence-electron chi connectivity index (χ3n) is 4.60. The number of halogens is 3. The van der Waals surface area contributed by atoms with Crippen molar-refractivity contribution in [2.75, 3.05) is 19.6 Å². The van der Waals surface area contributed by atoms with Crippen LogP contribution < -0.4 is 10.6 Å². The third-order valence-corrected chi connectivity index (χ3v) is 5.34. The van der Waals surface area contributed by atoms with Gasteiger partial charge in [-0.1, -0.05) is 41.4 Å². The minimum absolute atomic E-state index is 0. The van der Waals surface area contributed by atoms with Crippen LogP contribution in [0.25, 0.3) is 0 Å². The van der Waals surface area contributed by atoms with Crippen LogP contribution >= 0.6 is 35.6 Å². The molecular formula is C20H21Cl3N2O2. The Hall–Kier alpha value is -1.59. The van der Waals surface area contributed by atoms with Gasteiger partial charge in [-0.15, -0.1) is 12.4 Å². The average molecular weight is 428 g/mol. The minimum Gasteiger partial charge on any atom is -0.352 e. The Morgan fingerprint density at radius 2 is 1.81 bits per heavy atom. The molecule has 1 heterocycles. The predicted molar refractivity (Wildman–Crippen MR) is 112 cm³/mol. The van der Waals surface area contributed by atoms with Crippen LogP contribution in [0.5, 0.6) is 0 Å². The van der Waals surface area contributed by atoms with E-state index in [1.54, 1.807) is 36.4 Å². The molecule has 4 nitrogen and oxygen atoms in total. The van der Waals surface area contributed by atoms with Crippen LogP contribution in [-0.4, -0.2) is 31.3 Å². The number of ketones is 1. The van der Waals surface area contributed by atoms with E-state index >= 15 is 0 Å². The molecule has 1 saturated heterocycles. The summed E-state index contributed by atoms with van der Waals surface area (Å²) in [5, 5.41) is 6.94. The molecule has 7 heteroatoms. The fourth-order valence-electron chi connectivity index (χ4n) is 3.12. The number of amides is 1. The summed E-state index contributed by atoms with van der Waals surface area (Å²) in [5.41, 5.74) is 1.12. The van der Waals surface area contributed by atoms with Gasteiger partial charge in [-0.2, -0.15) is 0 Å². The number of hydrogen-bond acceptors (Lipinski definition) is 3. The molecule has 0 aliphatic carbocycles. The van der Waals surface area contributed by atoms with Crippen LogP contribution in [0.3, 0.4) is 0 Å². The van der Waals surface area contributed by atoms with E-state index < -0.39 is 0 Å². The number of carbonyl (C=O) groups excluding carboxylic acids is 2. The fourth-order valence-corrected chi connectivity index (χ4v) is 3.42. The minimum atomic E-state index is -0.255. The van der Waals surface area contributed by atoms with Gasteiger partial charge in [-0.25, -0.2) is 0 Å². The summed E-state index contributed by atoms with van der Waals surface area (Å²) in [6.07, 6.45) is 2.07. The first-order chi connectivity index (χ1) is 12.6. The molecule has 2 aromatic rings. The highest BCUT2D eigenvalue weighted by molar-refractivity contribution is 6.42. The molecule has 1 unspecified atom stereocenters. The first-order valence-corrected chi connectivity index (χ1v) is 9.39. The van der Waals surface area contributed by atoms with Crippen molar-refractivity contribution in [2.45, 2.75) is 12.8 Å². The van der Waals surface area contributed by atoms with Gasteiger partial charge in [0, 0.05) is 17.7 Å². The van der Waals surface area contributed by atoms with Crippen molar-refractivity contribution < 1.29 is 9.59 Å². The maximum atomic E-state index is 12.8. The van der Waals surface area contributed by atoms with Crippen LogP contribution in [0.4, 0.5) is 0 Å². The monoisotopic (exact) mass is 426 g/mol. The molecule has 27 heavy (non-hydrogen) atoms. The summed E-state index contributed by atoms with van der Waals surface area (Å²) in [4.78, 5) is 25.4. The topological polar surface area (TPSA) is 58.2 Å². The molecular weight excluding hydrogens is 407 g/mol. The van der Waals surface area contributed by atoms with Crippen molar-refractivity contribution in [1.29, 1.82) is 0 Å². The molecule has 0 saturated carbocycles. The maximum Gasteiger partial charge on any atom is 0.252 e. The smallest absolute Gasteiger partial charge is 0.252 e. The Kier molecular flexibility index (Phi) is 8.11. The molecule has 0 bridgehead atoms. The van der Waals surface area contributed by atoms with Crippen molar-refractivity contribution in [2.24, 2.45) is 5.92 Å². The molecule has 0 aromatic heterocycles. The zero-order valence-electron chi connectivity index (χ0n) is 14.6. The van der Waals surface area contributed by atoms with E-state index in [2.05, 4.69) is 10.6 Å². The van der Waals surface area contributed by atoms with Gasteiger partial charge in [0.15, 0.2) is 5.78 Å². The van der Waals surface area contributed by atoms with Crippen molar-refractivity contribution in [3.63, 3.8) is 0 Å². The Morgan fingerprint density at radius 3 is 2.48 bits per heavy atom. The second-order valence-electron chi connectivity index (χ2n) is 6.41. The molecule has 1 aliphatic rings. The van der Waals surface area contributed by atoms with Gasteiger partial charge in [0.2, 0.25) is 0 Å². The average Bonchev–Trinajstić information content (AvgIpc) is 3.17. The van der Waals surface area contributed by atoms with Gasteiger partial charge in [0.05, 0.1) is 15.6 Å². The molecule has 1 amide bonds. The predicted octanol–water partition coefficient (Wildman–Crippen LogP) is 4.38. The second kappa shape index (κ2) is 10.1. The lowest BCUT2D eigenvalue weighted by Gasteiger charge is -2.12. The van der Waals surface area contributed by atoms with E-state index in [1.807, 2.05) is 0 Å². The van der Waals surface area contributed by atoms with Crippen molar-refractivity contribution >= 4 is 47.3 Å². The molecule has 1 fully saturated rings. The van der Waals surface area contributed by atoms with Gasteiger partial charge in [0.25, 0.3) is 5.91 Å². The number of carbonyl (C=O) groups is 2. The van der Waals surface area contributed by atoms with Gasteiger partial charge in [0.1, 0.15) is 0 Å². The highest BCUT2D eigenvalue weighted by Gasteiger charge is 2.19. The SMILES string of the molecule is Cl.O=C(NCCC1CCNC1)c1ccccc1C(=O)c1ccc(Cl)c(Cl)c1. The summed E-state index contributed by atoms with van der Waals surface area (Å²) in [5.74, 6) is 0.109. The summed E-state index contributed by atoms with van der Waals surface area (Å²) in [7, 11) is 0. The van der Waals surface area contributed by atoms with Crippen LogP contribution in [0.15, 0.2) is 42.5 Å². The zero-order chi connectivity index (χ0) is 18.5. The maximum absolute atomic E-state index is 12.8. The highest BCUT2D eigenvalue weighted by atomic mass is 35.5. The van der Waals surface area contributed by atoms with Crippen molar-refractivity contribution in [1.82, 2.24) is 10.6 Å². The molecule has 2 N–H and O–H groups in total. The molecule has 0 radical (unpaired) electrons. The Balaban J connectivity index is 0.00000261. The van der Waals surface area contributed by atoms with E-state index in [1.165, 1.54) is 6.07 Å². The fraction of sp³-hybridized carbons (Fsp3) is 0.300. The summed E-state index contributed by atoms with van der Waals surface area (Å²) in [6.45, 7) is 2.64. The molecule has 144 valence electrons. The van der Waals surface area contributed by atoms with Gasteiger partial charge in [-0.3, -0.25) is 9.59 Å². The number of rotatable bonds is 6. The number of hydrogen-bond donors (Lipinski definition) is 2. The molecule has 1 aliphatic heterocycles. The number of nitrogens with one attached hydrogen (secondary N) is 2. The largest absolute Gasteiger partial charge is 0.352 e. The molecule has 0 spiro atoms. The normalized spacial score (nSPS) is 15.9. The van der Waals surface area contributed by atoms with E-state index in [9.17, 15) is 9.59 Å². The van der Waals surface area contributed by atoms with Crippen LogP contribution in [0, 0.1) is 5.92 Å². The van der Waals surface area contributed by atoms with E-state index in [-0.39, 0.29) is 24.1 Å². The first-order valence-electron chi connectivity index (χ1n) is 8.64. The van der Waals surface area contributed by atoms with Crippen molar-refractivity contribution in [3.05, 3.63) is 69.2 Å². The van der Waals surface area contributed by atoms with Crippen molar-refractivity contribution in [3.8, 4) is 0 Å². The summed E-state index contributed by atoms with van der Waals surface area (Å²) in [6, 6.07) is 11.5. The summed E-state index contributed by atoms with van der Waals surface area (Å²) < 4.78 is 0. The van der Waals surface area contributed by atoms with Crippen LogP contribution in [-0.2, 0) is 0 Å². The zero-order valence-corrected chi connectivity index (χ0v) is 17.0. The number of benzene rings is 2. The summed E-state index contributed by atoms with van der Waals surface area (Å²) >= 11 is 11.9. The van der Waals surface area contributed by atoms with E-state index in [0.717, 1.165) is 25.9 Å². The van der Waals surface area contributed by atoms with Gasteiger partial charge < -0.3 is 10.6 Å².